The van der Waals surface area contributed by atoms with Crippen LogP contribution >= 0.6 is 0 Å². The van der Waals surface area contributed by atoms with Gasteiger partial charge in [0.1, 0.15) is 11.5 Å². The highest BCUT2D eigenvalue weighted by molar-refractivity contribution is 5.92. The van der Waals surface area contributed by atoms with Crippen molar-refractivity contribution < 1.29 is 13.8 Å². The molecule has 0 aromatic carbocycles. The molecule has 23 heavy (non-hydrogen) atoms. The van der Waals surface area contributed by atoms with Gasteiger partial charge in [0.25, 0.3) is 5.91 Å². The van der Waals surface area contributed by atoms with Gasteiger partial charge in [-0.05, 0) is 25.0 Å². The first-order valence-electron chi connectivity index (χ1n) is 7.28. The molecule has 1 saturated carbocycles. The van der Waals surface area contributed by atoms with E-state index in [1.54, 1.807) is 24.4 Å². The van der Waals surface area contributed by atoms with Crippen LogP contribution in [0.4, 0.5) is 0 Å². The fourth-order valence-electron chi connectivity index (χ4n) is 2.13. The number of pyridine rings is 1. The smallest absolute Gasteiger partial charge is 0.270 e. The second-order valence-corrected chi connectivity index (χ2v) is 5.30. The highest BCUT2D eigenvalue weighted by Crippen LogP contribution is 2.40. The average Bonchev–Trinajstić information content (AvgIpc) is 3.13. The van der Waals surface area contributed by atoms with Gasteiger partial charge in [-0.15, -0.1) is 0 Å². The van der Waals surface area contributed by atoms with Crippen molar-refractivity contribution in [2.24, 2.45) is 0 Å². The zero-order valence-electron chi connectivity index (χ0n) is 12.1. The highest BCUT2D eigenvalue weighted by atomic mass is 16.5. The minimum atomic E-state index is -0.303. The van der Waals surface area contributed by atoms with E-state index in [-0.39, 0.29) is 12.5 Å². The molecule has 0 saturated heterocycles. The lowest BCUT2D eigenvalue weighted by Gasteiger charge is -2.00. The molecule has 0 atom stereocenters. The van der Waals surface area contributed by atoms with Crippen molar-refractivity contribution in [3.05, 3.63) is 47.8 Å². The van der Waals surface area contributed by atoms with Crippen LogP contribution in [0, 0.1) is 0 Å². The minimum absolute atomic E-state index is 0.121. The average molecular weight is 311 g/mol. The molecule has 3 heterocycles. The topological polar surface area (TPSA) is 107 Å². The highest BCUT2D eigenvalue weighted by Gasteiger charge is 2.28. The number of rotatable bonds is 5. The third kappa shape index (κ3) is 2.96. The summed E-state index contributed by atoms with van der Waals surface area (Å²) in [5.41, 5.74) is 0.871. The molecule has 1 aliphatic rings. The van der Waals surface area contributed by atoms with E-state index >= 15 is 0 Å². The Morgan fingerprint density at radius 3 is 2.96 bits per heavy atom. The van der Waals surface area contributed by atoms with E-state index < -0.39 is 0 Å². The van der Waals surface area contributed by atoms with Crippen molar-refractivity contribution in [1.82, 2.24) is 25.6 Å². The van der Waals surface area contributed by atoms with Gasteiger partial charge >= 0.3 is 0 Å². The third-order valence-electron chi connectivity index (χ3n) is 3.50. The largest absolute Gasteiger partial charge is 0.360 e. The van der Waals surface area contributed by atoms with Gasteiger partial charge in [0.05, 0.1) is 6.54 Å². The van der Waals surface area contributed by atoms with Crippen LogP contribution in [0.5, 0.6) is 0 Å². The maximum Gasteiger partial charge on any atom is 0.270 e. The Morgan fingerprint density at radius 1 is 1.26 bits per heavy atom. The van der Waals surface area contributed by atoms with E-state index in [4.69, 9.17) is 9.05 Å². The fraction of sp³-hybridized carbons (Fsp3) is 0.267. The van der Waals surface area contributed by atoms with Crippen LogP contribution in [0.1, 0.15) is 40.9 Å². The molecule has 1 N–H and O–H groups in total. The Morgan fingerprint density at radius 2 is 2.17 bits per heavy atom. The van der Waals surface area contributed by atoms with Crippen LogP contribution < -0.4 is 5.32 Å². The summed E-state index contributed by atoms with van der Waals surface area (Å²) >= 11 is 0. The van der Waals surface area contributed by atoms with Crippen molar-refractivity contribution in [2.75, 3.05) is 0 Å². The molecule has 0 bridgehead atoms. The van der Waals surface area contributed by atoms with Gasteiger partial charge in [-0.2, -0.15) is 4.98 Å². The number of hydrogen-bond donors (Lipinski definition) is 1. The van der Waals surface area contributed by atoms with Gasteiger partial charge < -0.3 is 14.4 Å². The zero-order valence-corrected chi connectivity index (χ0v) is 12.1. The van der Waals surface area contributed by atoms with Crippen molar-refractivity contribution >= 4 is 5.91 Å². The molecular formula is C15H13N5O3. The standard InChI is InChI=1S/C15H13N5O3/c21-15(10-3-1-2-6-16-10)17-8-13-18-14(20-23-13)11-7-12(22-19-11)9-4-5-9/h1-3,6-7,9H,4-5,8H2,(H,17,21). The number of aromatic nitrogens is 4. The number of carbonyl (C=O) groups is 1. The summed E-state index contributed by atoms with van der Waals surface area (Å²) in [5.74, 6) is 1.67. The number of hydrogen-bond acceptors (Lipinski definition) is 7. The normalized spacial score (nSPS) is 13.9. The second-order valence-electron chi connectivity index (χ2n) is 5.30. The van der Waals surface area contributed by atoms with Crippen LogP contribution in [-0.2, 0) is 6.54 Å². The maximum atomic E-state index is 11.9. The quantitative estimate of drug-likeness (QED) is 0.767. The van der Waals surface area contributed by atoms with Crippen LogP contribution in [0.3, 0.4) is 0 Å². The summed E-state index contributed by atoms with van der Waals surface area (Å²) in [5, 5.41) is 10.5. The first kappa shape index (κ1) is 13.6. The molecule has 1 amide bonds. The van der Waals surface area contributed by atoms with E-state index in [1.165, 1.54) is 0 Å². The molecule has 0 aliphatic heterocycles. The lowest BCUT2D eigenvalue weighted by Crippen LogP contribution is -2.23. The van der Waals surface area contributed by atoms with Crippen LogP contribution in [0.15, 0.2) is 39.5 Å². The summed E-state index contributed by atoms with van der Waals surface area (Å²) in [6.07, 6.45) is 3.82. The molecule has 8 nitrogen and oxygen atoms in total. The van der Waals surface area contributed by atoms with Gasteiger partial charge in [-0.3, -0.25) is 9.78 Å². The Balaban J connectivity index is 1.40. The minimum Gasteiger partial charge on any atom is -0.360 e. The van der Waals surface area contributed by atoms with E-state index in [9.17, 15) is 4.79 Å². The SMILES string of the molecule is O=C(NCc1nc(-c2cc(C3CC3)on2)no1)c1ccccn1. The predicted molar refractivity (Wildman–Crippen MR) is 77.2 cm³/mol. The lowest BCUT2D eigenvalue weighted by atomic mass is 10.3. The van der Waals surface area contributed by atoms with Gasteiger partial charge in [-0.1, -0.05) is 16.4 Å². The molecule has 0 radical (unpaired) electrons. The lowest BCUT2D eigenvalue weighted by molar-refractivity contribution is 0.0941. The molecule has 1 aliphatic carbocycles. The number of carbonyl (C=O) groups excluding carboxylic acids is 1. The van der Waals surface area contributed by atoms with Crippen molar-refractivity contribution in [3.63, 3.8) is 0 Å². The number of nitrogens with zero attached hydrogens (tertiary/aromatic N) is 4. The van der Waals surface area contributed by atoms with Gasteiger partial charge in [-0.25, -0.2) is 0 Å². The molecule has 8 heteroatoms. The second kappa shape index (κ2) is 5.64. The molecule has 4 rings (SSSR count). The zero-order chi connectivity index (χ0) is 15.6. The van der Waals surface area contributed by atoms with Crippen LogP contribution in [-0.4, -0.2) is 26.2 Å². The van der Waals surface area contributed by atoms with Crippen molar-refractivity contribution in [2.45, 2.75) is 25.3 Å². The van der Waals surface area contributed by atoms with E-state index in [0.717, 1.165) is 18.6 Å². The summed E-state index contributed by atoms with van der Waals surface area (Å²) < 4.78 is 10.4. The Labute approximate surface area is 130 Å². The van der Waals surface area contributed by atoms with Crippen LogP contribution in [0.25, 0.3) is 11.5 Å². The van der Waals surface area contributed by atoms with E-state index in [1.807, 2.05) is 6.07 Å². The number of nitrogens with one attached hydrogen (secondary N) is 1. The maximum absolute atomic E-state index is 11.9. The molecular weight excluding hydrogens is 298 g/mol. The van der Waals surface area contributed by atoms with Crippen molar-refractivity contribution in [1.29, 1.82) is 0 Å². The van der Waals surface area contributed by atoms with Gasteiger partial charge in [0.15, 0.2) is 5.69 Å². The summed E-state index contributed by atoms with van der Waals surface area (Å²) in [6.45, 7) is 0.121. The molecule has 1 fully saturated rings. The third-order valence-corrected chi connectivity index (χ3v) is 3.50. The molecule has 116 valence electrons. The van der Waals surface area contributed by atoms with Gasteiger partial charge in [0, 0.05) is 18.2 Å². The van der Waals surface area contributed by atoms with E-state index in [2.05, 4.69) is 25.6 Å². The summed E-state index contributed by atoms with van der Waals surface area (Å²) in [6, 6.07) is 6.95. The van der Waals surface area contributed by atoms with Crippen molar-refractivity contribution in [3.8, 4) is 11.5 Å². The van der Waals surface area contributed by atoms with E-state index in [0.29, 0.717) is 29.0 Å². The fourth-order valence-corrected chi connectivity index (χ4v) is 2.13. The molecule has 3 aromatic rings. The first-order chi connectivity index (χ1) is 11.3. The molecule has 3 aromatic heterocycles. The monoisotopic (exact) mass is 311 g/mol. The predicted octanol–water partition coefficient (Wildman–Crippen LogP) is 1.93. The Kier molecular flexibility index (Phi) is 3.34. The summed E-state index contributed by atoms with van der Waals surface area (Å²) in [7, 11) is 0. The first-order valence-corrected chi connectivity index (χ1v) is 7.28. The molecule has 0 unspecified atom stereocenters. The summed E-state index contributed by atoms with van der Waals surface area (Å²) in [4.78, 5) is 20.1. The van der Waals surface area contributed by atoms with Crippen LogP contribution in [0.2, 0.25) is 0 Å². The van der Waals surface area contributed by atoms with Gasteiger partial charge in [0.2, 0.25) is 11.7 Å². The molecule has 0 spiro atoms. The Bertz CT molecular complexity index is 823. The Hall–Kier alpha value is -3.03. The number of amides is 1.